The average Bonchev–Trinajstić information content (AvgIpc) is 2.40. The van der Waals surface area contributed by atoms with Gasteiger partial charge in [-0.1, -0.05) is 47.3 Å². The SMILES string of the molecule is O=C(NC1(CBr)CCCCC1)c1ccccc1I. The molecule has 1 aliphatic rings. The van der Waals surface area contributed by atoms with Gasteiger partial charge in [-0.05, 0) is 47.6 Å². The van der Waals surface area contributed by atoms with Gasteiger partial charge in [0.2, 0.25) is 0 Å². The molecule has 1 aliphatic carbocycles. The highest BCUT2D eigenvalue weighted by Gasteiger charge is 2.32. The molecule has 0 aliphatic heterocycles. The van der Waals surface area contributed by atoms with Gasteiger partial charge in [0.15, 0.2) is 0 Å². The zero-order chi connectivity index (χ0) is 13.0. The minimum Gasteiger partial charge on any atom is -0.346 e. The van der Waals surface area contributed by atoms with Crippen LogP contribution in [0.1, 0.15) is 42.5 Å². The summed E-state index contributed by atoms with van der Waals surface area (Å²) in [5.41, 5.74) is 0.734. The molecule has 0 spiro atoms. The third-order valence-corrected chi connectivity index (χ3v) is 5.58. The van der Waals surface area contributed by atoms with Crippen molar-refractivity contribution >= 4 is 44.4 Å². The predicted molar refractivity (Wildman–Crippen MR) is 86.2 cm³/mol. The molecule has 1 aromatic carbocycles. The van der Waals surface area contributed by atoms with E-state index in [0.717, 1.165) is 27.3 Å². The van der Waals surface area contributed by atoms with Gasteiger partial charge in [-0.2, -0.15) is 0 Å². The summed E-state index contributed by atoms with van der Waals surface area (Å²) in [6.45, 7) is 0. The summed E-state index contributed by atoms with van der Waals surface area (Å²) in [5.74, 6) is 0.0568. The van der Waals surface area contributed by atoms with E-state index in [1.54, 1.807) is 0 Å². The molecule has 0 aromatic heterocycles. The third-order valence-electron chi connectivity index (χ3n) is 3.56. The van der Waals surface area contributed by atoms with Crippen LogP contribution in [0.2, 0.25) is 0 Å². The molecule has 18 heavy (non-hydrogen) atoms. The number of nitrogens with one attached hydrogen (secondary N) is 1. The molecule has 0 unspecified atom stereocenters. The number of hydrogen-bond donors (Lipinski definition) is 1. The molecule has 98 valence electrons. The lowest BCUT2D eigenvalue weighted by Gasteiger charge is -2.36. The van der Waals surface area contributed by atoms with Crippen LogP contribution in [-0.4, -0.2) is 16.8 Å². The molecule has 2 rings (SSSR count). The lowest BCUT2D eigenvalue weighted by molar-refractivity contribution is 0.0885. The van der Waals surface area contributed by atoms with Crippen LogP contribution in [-0.2, 0) is 0 Å². The smallest absolute Gasteiger partial charge is 0.252 e. The first-order valence-corrected chi connectivity index (χ1v) is 8.50. The van der Waals surface area contributed by atoms with Crippen molar-refractivity contribution in [2.75, 3.05) is 5.33 Å². The second-order valence-electron chi connectivity index (χ2n) is 4.91. The molecule has 1 fully saturated rings. The fourth-order valence-electron chi connectivity index (χ4n) is 2.47. The molecule has 1 saturated carbocycles. The Morgan fingerprint density at radius 2 is 1.94 bits per heavy atom. The number of hydrogen-bond acceptors (Lipinski definition) is 1. The number of rotatable bonds is 3. The fourth-order valence-corrected chi connectivity index (χ4v) is 3.81. The summed E-state index contributed by atoms with van der Waals surface area (Å²) in [6.07, 6.45) is 5.85. The van der Waals surface area contributed by atoms with Crippen molar-refractivity contribution in [3.63, 3.8) is 0 Å². The predicted octanol–water partition coefficient (Wildman–Crippen LogP) is 4.12. The first kappa shape index (κ1) is 14.3. The highest BCUT2D eigenvalue weighted by Crippen LogP contribution is 2.30. The molecule has 1 amide bonds. The van der Waals surface area contributed by atoms with E-state index in [4.69, 9.17) is 0 Å². The topological polar surface area (TPSA) is 29.1 Å². The largest absolute Gasteiger partial charge is 0.346 e. The summed E-state index contributed by atoms with van der Waals surface area (Å²) in [6, 6.07) is 7.73. The van der Waals surface area contributed by atoms with E-state index in [1.807, 2.05) is 24.3 Å². The molecule has 0 radical (unpaired) electrons. The number of benzene rings is 1. The van der Waals surface area contributed by atoms with E-state index < -0.39 is 0 Å². The van der Waals surface area contributed by atoms with Gasteiger partial charge in [-0.3, -0.25) is 4.79 Å². The van der Waals surface area contributed by atoms with Crippen LogP contribution in [0.5, 0.6) is 0 Å². The molecule has 0 atom stereocenters. The number of halogens is 2. The van der Waals surface area contributed by atoms with Gasteiger partial charge >= 0.3 is 0 Å². The molecule has 0 saturated heterocycles. The van der Waals surface area contributed by atoms with Gasteiger partial charge in [0.1, 0.15) is 0 Å². The molecule has 4 heteroatoms. The minimum absolute atomic E-state index is 0.0474. The maximum Gasteiger partial charge on any atom is 0.252 e. The number of carbonyl (C=O) groups excluding carboxylic acids is 1. The van der Waals surface area contributed by atoms with Crippen LogP contribution < -0.4 is 5.32 Å². The molecule has 0 heterocycles. The zero-order valence-corrected chi connectivity index (χ0v) is 14.0. The molecule has 2 nitrogen and oxygen atoms in total. The zero-order valence-electron chi connectivity index (χ0n) is 10.2. The molecule has 1 aromatic rings. The summed E-state index contributed by atoms with van der Waals surface area (Å²) in [4.78, 5) is 12.4. The van der Waals surface area contributed by atoms with Crippen molar-refractivity contribution in [3.05, 3.63) is 33.4 Å². The van der Waals surface area contributed by atoms with Crippen molar-refractivity contribution in [2.45, 2.75) is 37.6 Å². The molecule has 0 bridgehead atoms. The lowest BCUT2D eigenvalue weighted by atomic mass is 9.83. The van der Waals surface area contributed by atoms with Crippen molar-refractivity contribution in [3.8, 4) is 0 Å². The summed E-state index contributed by atoms with van der Waals surface area (Å²) in [7, 11) is 0. The van der Waals surface area contributed by atoms with E-state index in [1.165, 1.54) is 19.3 Å². The lowest BCUT2D eigenvalue weighted by Crippen LogP contribution is -2.51. The Morgan fingerprint density at radius 3 is 2.56 bits per heavy atom. The Hall–Kier alpha value is -0.100. The Kier molecular flexibility index (Phi) is 5.06. The van der Waals surface area contributed by atoms with Crippen molar-refractivity contribution in [2.24, 2.45) is 0 Å². The van der Waals surface area contributed by atoms with Gasteiger partial charge < -0.3 is 5.32 Å². The molecular weight excluding hydrogens is 405 g/mol. The van der Waals surface area contributed by atoms with Gasteiger partial charge in [-0.15, -0.1) is 0 Å². The second kappa shape index (κ2) is 6.37. The van der Waals surface area contributed by atoms with Gasteiger partial charge in [0.25, 0.3) is 5.91 Å². The molecular formula is C14H17BrINO. The standard InChI is InChI=1S/C14H17BrINO/c15-10-14(8-4-1-5-9-14)17-13(18)11-6-2-3-7-12(11)16/h2-3,6-7H,1,4-5,8-10H2,(H,17,18). The van der Waals surface area contributed by atoms with Crippen molar-refractivity contribution < 1.29 is 4.79 Å². The number of amides is 1. The normalized spacial score (nSPS) is 18.3. The van der Waals surface area contributed by atoms with Gasteiger partial charge in [0, 0.05) is 8.90 Å². The second-order valence-corrected chi connectivity index (χ2v) is 6.63. The van der Waals surface area contributed by atoms with Crippen LogP contribution in [0.15, 0.2) is 24.3 Å². The Bertz CT molecular complexity index is 430. The van der Waals surface area contributed by atoms with E-state index in [0.29, 0.717) is 0 Å². The highest BCUT2D eigenvalue weighted by atomic mass is 127. The van der Waals surface area contributed by atoms with Crippen LogP contribution in [0, 0.1) is 3.57 Å². The first-order valence-electron chi connectivity index (χ1n) is 6.30. The monoisotopic (exact) mass is 421 g/mol. The maximum atomic E-state index is 12.4. The van der Waals surface area contributed by atoms with Crippen LogP contribution in [0.3, 0.4) is 0 Å². The Morgan fingerprint density at radius 1 is 1.28 bits per heavy atom. The molecule has 1 N–H and O–H groups in total. The maximum absolute atomic E-state index is 12.4. The van der Waals surface area contributed by atoms with Crippen molar-refractivity contribution in [1.29, 1.82) is 0 Å². The minimum atomic E-state index is -0.0474. The van der Waals surface area contributed by atoms with E-state index in [-0.39, 0.29) is 11.4 Å². The summed E-state index contributed by atoms with van der Waals surface area (Å²) >= 11 is 5.79. The Balaban J connectivity index is 2.13. The number of carbonyl (C=O) groups is 1. The van der Waals surface area contributed by atoms with Gasteiger partial charge in [-0.25, -0.2) is 0 Å². The van der Waals surface area contributed by atoms with E-state index in [2.05, 4.69) is 43.8 Å². The third kappa shape index (κ3) is 3.26. The fraction of sp³-hybridized carbons (Fsp3) is 0.500. The summed E-state index contributed by atoms with van der Waals surface area (Å²) < 4.78 is 1.01. The quantitative estimate of drug-likeness (QED) is 0.577. The average molecular weight is 422 g/mol. The van der Waals surface area contributed by atoms with E-state index >= 15 is 0 Å². The first-order chi connectivity index (χ1) is 8.67. The number of alkyl halides is 1. The Labute approximate surface area is 130 Å². The summed E-state index contributed by atoms with van der Waals surface area (Å²) in [5, 5.41) is 4.09. The van der Waals surface area contributed by atoms with Crippen molar-refractivity contribution in [1.82, 2.24) is 5.32 Å². The van der Waals surface area contributed by atoms with Crippen LogP contribution in [0.25, 0.3) is 0 Å². The van der Waals surface area contributed by atoms with E-state index in [9.17, 15) is 4.79 Å². The highest BCUT2D eigenvalue weighted by molar-refractivity contribution is 14.1. The van der Waals surface area contributed by atoms with Gasteiger partial charge in [0.05, 0.1) is 11.1 Å². The van der Waals surface area contributed by atoms with Crippen LogP contribution >= 0.6 is 38.5 Å². The van der Waals surface area contributed by atoms with Crippen LogP contribution in [0.4, 0.5) is 0 Å².